The summed E-state index contributed by atoms with van der Waals surface area (Å²) in [7, 11) is 0. The van der Waals surface area contributed by atoms with E-state index in [2.05, 4.69) is 283 Å². The van der Waals surface area contributed by atoms with Gasteiger partial charge in [0, 0.05) is 72.2 Å². The molecule has 6 aromatic carbocycles. The molecule has 0 fully saturated rings. The summed E-state index contributed by atoms with van der Waals surface area (Å²) in [6, 6.07) is 58.4. The number of anilines is 2. The molecular formula is C66H73N4OPt-3. The summed E-state index contributed by atoms with van der Waals surface area (Å²) in [4.78, 5) is 9.82. The molecule has 0 unspecified atom stereocenters. The number of pyridine rings is 1. The molecule has 0 saturated carbocycles. The molecule has 0 N–H and O–H groups in total. The second-order valence-corrected chi connectivity index (χ2v) is 24.9. The van der Waals surface area contributed by atoms with Crippen molar-refractivity contribution in [3.05, 3.63) is 209 Å². The second-order valence-electron chi connectivity index (χ2n) is 24.9. The van der Waals surface area contributed by atoms with Crippen LogP contribution in [0.15, 0.2) is 157 Å². The normalized spacial score (nSPS) is 14.1. The van der Waals surface area contributed by atoms with Gasteiger partial charge in [-0.25, -0.2) is 4.98 Å². The number of rotatable bonds is 9. The van der Waals surface area contributed by atoms with Crippen LogP contribution in [0.5, 0.6) is 11.5 Å². The van der Waals surface area contributed by atoms with Gasteiger partial charge in [0.2, 0.25) is 0 Å². The predicted molar refractivity (Wildman–Crippen MR) is 299 cm³/mol. The number of hydrogen-bond acceptors (Lipinski definition) is 4. The Hall–Kier alpha value is -5.90. The van der Waals surface area contributed by atoms with Crippen LogP contribution in [0.2, 0.25) is 0 Å². The van der Waals surface area contributed by atoms with Crippen LogP contribution in [0.1, 0.15) is 144 Å². The van der Waals surface area contributed by atoms with Crippen LogP contribution in [0.25, 0.3) is 27.6 Å². The van der Waals surface area contributed by atoms with Gasteiger partial charge in [-0.05, 0) is 85.2 Å². The predicted octanol–water partition coefficient (Wildman–Crippen LogP) is 17.4. The third-order valence-electron chi connectivity index (χ3n) is 14.6. The van der Waals surface area contributed by atoms with Crippen molar-refractivity contribution in [2.24, 2.45) is 0 Å². The van der Waals surface area contributed by atoms with E-state index >= 15 is 0 Å². The summed E-state index contributed by atoms with van der Waals surface area (Å²) >= 11 is 0. The van der Waals surface area contributed by atoms with E-state index in [0.29, 0.717) is 11.5 Å². The number of ether oxygens (including phenoxy) is 1. The number of aromatic nitrogens is 2. The van der Waals surface area contributed by atoms with Crippen molar-refractivity contribution in [2.45, 2.75) is 143 Å². The topological polar surface area (TPSA) is 33.5 Å². The Morgan fingerprint density at radius 2 is 0.986 bits per heavy atom. The number of nitrogens with zero attached hydrogens (tertiary/aromatic N) is 4. The van der Waals surface area contributed by atoms with Crippen molar-refractivity contribution < 1.29 is 25.8 Å². The number of hydrogen-bond donors (Lipinski definition) is 0. The van der Waals surface area contributed by atoms with Crippen LogP contribution in [0.4, 0.5) is 11.4 Å². The van der Waals surface area contributed by atoms with Gasteiger partial charge in [-0.2, -0.15) is 6.07 Å². The van der Waals surface area contributed by atoms with Gasteiger partial charge in [0.05, 0.1) is 0 Å². The first-order chi connectivity index (χ1) is 33.2. The molecule has 0 amide bonds. The molecular weight excluding hydrogens is 1060 g/mol. The summed E-state index contributed by atoms with van der Waals surface area (Å²) in [5, 5.41) is 2.27. The molecule has 0 saturated heterocycles. The van der Waals surface area contributed by atoms with Crippen LogP contribution in [0.3, 0.4) is 0 Å². The summed E-state index contributed by atoms with van der Waals surface area (Å²) in [6.07, 6.45) is 1.93. The first-order valence-corrected chi connectivity index (χ1v) is 25.4. The fourth-order valence-electron chi connectivity index (χ4n) is 10.1. The maximum absolute atomic E-state index is 7.08. The van der Waals surface area contributed by atoms with E-state index in [0.717, 1.165) is 39.2 Å². The molecule has 5 nitrogen and oxygen atoms in total. The summed E-state index contributed by atoms with van der Waals surface area (Å²) < 4.78 is 9.34. The fraction of sp³-hybridized carbons (Fsp3) is 0.333. The van der Waals surface area contributed by atoms with Gasteiger partial charge in [0.25, 0.3) is 0 Å². The Morgan fingerprint density at radius 1 is 0.444 bits per heavy atom. The standard InChI is InChI=1S/C66H73N4O.Pt/c1-61(2,3)46-28-23-29-50(36-46)68-43-69(60(66(15,16)45-26-21-18-22-27-45)59(68)65(13,14)44-24-19-17-20-25-44)51-37-49(64(10,11)12)38-53(41-51)71-52-31-32-54-55-39-47(62(4,5)6)30-33-56(55)70(57(54)42-52)58-40-48(34-35-67-58)63(7,8)9;/h17-40,43H,1-16H3;/q-3;. The van der Waals surface area contributed by atoms with Gasteiger partial charge in [-0.15, -0.1) is 53.6 Å². The van der Waals surface area contributed by atoms with Crippen LogP contribution in [-0.4, -0.2) is 9.55 Å². The third kappa shape index (κ3) is 9.96. The summed E-state index contributed by atoms with van der Waals surface area (Å²) in [5.74, 6) is 2.08. The Bertz CT molecular complexity index is 3300. The Balaban J connectivity index is 0.00000693. The van der Waals surface area contributed by atoms with Crippen molar-refractivity contribution >= 4 is 33.2 Å². The van der Waals surface area contributed by atoms with Crippen molar-refractivity contribution in [2.75, 3.05) is 9.80 Å². The van der Waals surface area contributed by atoms with E-state index in [-0.39, 0.29) is 42.7 Å². The zero-order valence-corrected chi connectivity index (χ0v) is 47.7. The number of fused-ring (bicyclic) bond motifs is 3. The first-order valence-electron chi connectivity index (χ1n) is 25.4. The largest absolute Gasteiger partial charge is 0.509 e. The minimum atomic E-state index is -0.473. The fourth-order valence-corrected chi connectivity index (χ4v) is 10.1. The van der Waals surface area contributed by atoms with Gasteiger partial charge >= 0.3 is 0 Å². The third-order valence-corrected chi connectivity index (χ3v) is 14.6. The zero-order chi connectivity index (χ0) is 51.1. The first kappa shape index (κ1) is 52.4. The molecule has 9 rings (SSSR count). The summed E-state index contributed by atoms with van der Waals surface area (Å²) in [6.45, 7) is 39.0. The van der Waals surface area contributed by atoms with Gasteiger partial charge in [-0.3, -0.25) is 0 Å². The molecule has 0 atom stereocenters. The van der Waals surface area contributed by atoms with Crippen LogP contribution < -0.4 is 14.5 Å². The summed E-state index contributed by atoms with van der Waals surface area (Å²) in [5.41, 5.74) is 12.5. The van der Waals surface area contributed by atoms with E-state index in [1.165, 1.54) is 44.6 Å². The van der Waals surface area contributed by atoms with E-state index in [9.17, 15) is 0 Å². The maximum atomic E-state index is 7.08. The SMILES string of the molecule is CC(C)(C)c1cc(Oc2[c-]c3c(cc2)c2cc(C(C)(C)C)ccc2n3-c2cc(C(C)(C)C)ccn2)[c-]c(N2[CH-]N(c3cccc(C(C)(C)C)c3)C(C(C)(C)c3ccccc3)=C2C(C)(C)c2ccccc2)c1.[Pt]. The van der Waals surface area contributed by atoms with Gasteiger partial charge in [-0.1, -0.05) is 201 Å². The molecule has 8 aromatic rings. The average Bonchev–Trinajstić information content (AvgIpc) is 3.89. The Labute approximate surface area is 445 Å². The van der Waals surface area contributed by atoms with Crippen molar-refractivity contribution in [3.63, 3.8) is 0 Å². The molecule has 376 valence electrons. The van der Waals surface area contributed by atoms with Crippen LogP contribution >= 0.6 is 0 Å². The Morgan fingerprint density at radius 3 is 1.57 bits per heavy atom. The monoisotopic (exact) mass is 1130 g/mol. The Kier molecular flexibility index (Phi) is 13.7. The molecule has 1 aliphatic heterocycles. The quantitative estimate of drug-likeness (QED) is 0.135. The smallest absolute Gasteiger partial charge is 0.135 e. The van der Waals surface area contributed by atoms with Gasteiger partial charge in [0.1, 0.15) is 5.82 Å². The second kappa shape index (κ2) is 18.9. The molecule has 0 bridgehead atoms. The van der Waals surface area contributed by atoms with E-state index < -0.39 is 10.8 Å². The molecule has 0 aliphatic carbocycles. The minimum Gasteiger partial charge on any atom is -0.509 e. The van der Waals surface area contributed by atoms with Crippen LogP contribution in [-0.2, 0) is 53.6 Å². The molecule has 6 heteroatoms. The maximum Gasteiger partial charge on any atom is 0.135 e. The molecule has 2 aromatic heterocycles. The van der Waals surface area contributed by atoms with Gasteiger partial charge < -0.3 is 19.1 Å². The average molecular weight is 1130 g/mol. The molecule has 72 heavy (non-hydrogen) atoms. The molecule has 1 aliphatic rings. The van der Waals surface area contributed by atoms with Crippen molar-refractivity contribution in [1.29, 1.82) is 0 Å². The van der Waals surface area contributed by atoms with E-state index in [1.807, 2.05) is 6.20 Å². The number of benzene rings is 6. The van der Waals surface area contributed by atoms with Gasteiger partial charge in [0.15, 0.2) is 0 Å². The van der Waals surface area contributed by atoms with Crippen molar-refractivity contribution in [1.82, 2.24) is 9.55 Å². The van der Waals surface area contributed by atoms with E-state index in [1.54, 1.807) is 0 Å². The minimum absolute atomic E-state index is 0. The molecule has 0 spiro atoms. The zero-order valence-electron chi connectivity index (χ0n) is 45.4. The van der Waals surface area contributed by atoms with Crippen LogP contribution in [0, 0.1) is 18.8 Å². The number of allylic oxidation sites excluding steroid dienone is 2. The molecule has 0 radical (unpaired) electrons. The van der Waals surface area contributed by atoms with E-state index in [4.69, 9.17) is 9.72 Å². The van der Waals surface area contributed by atoms with Crippen molar-refractivity contribution in [3.8, 4) is 17.3 Å². The molecule has 3 heterocycles.